The zero-order chi connectivity index (χ0) is 15.9. The first-order valence-corrected chi connectivity index (χ1v) is 8.54. The molecule has 22 heavy (non-hydrogen) atoms. The van der Waals surface area contributed by atoms with Crippen molar-refractivity contribution in [1.82, 2.24) is 15.0 Å². The lowest BCUT2D eigenvalue weighted by Gasteiger charge is -2.17. The summed E-state index contributed by atoms with van der Waals surface area (Å²) in [6.07, 6.45) is 0. The fourth-order valence-corrected chi connectivity index (χ4v) is 2.78. The number of nitrogens with zero attached hydrogens (tertiary/aromatic N) is 3. The van der Waals surface area contributed by atoms with E-state index >= 15 is 0 Å². The van der Waals surface area contributed by atoms with Crippen molar-refractivity contribution in [2.24, 2.45) is 0 Å². The second kappa shape index (κ2) is 7.98. The quantitative estimate of drug-likeness (QED) is 0.784. The predicted octanol–water partition coefficient (Wildman–Crippen LogP) is 3.15. The molecule has 118 valence electrons. The summed E-state index contributed by atoms with van der Waals surface area (Å²) in [4.78, 5) is 18.1. The van der Waals surface area contributed by atoms with Gasteiger partial charge in [0.2, 0.25) is 5.91 Å². The largest absolute Gasteiger partial charge is 0.343 e. The Balaban J connectivity index is 1.87. The van der Waals surface area contributed by atoms with Gasteiger partial charge >= 0.3 is 0 Å². The van der Waals surface area contributed by atoms with E-state index in [1.54, 1.807) is 0 Å². The van der Waals surface area contributed by atoms with Crippen LogP contribution in [0.2, 0.25) is 0 Å². The van der Waals surface area contributed by atoms with Crippen LogP contribution in [-0.4, -0.2) is 39.8 Å². The molecule has 1 amide bonds. The third kappa shape index (κ3) is 4.34. The summed E-state index contributed by atoms with van der Waals surface area (Å²) in [5.41, 5.74) is 2.10. The van der Waals surface area contributed by atoms with Gasteiger partial charge in [-0.3, -0.25) is 4.79 Å². The van der Waals surface area contributed by atoms with E-state index in [4.69, 9.17) is 4.52 Å². The molecule has 5 nitrogen and oxygen atoms in total. The number of rotatable bonds is 7. The van der Waals surface area contributed by atoms with Crippen LogP contribution in [0, 0.1) is 6.92 Å². The van der Waals surface area contributed by atoms with Gasteiger partial charge in [-0.25, -0.2) is 0 Å². The van der Waals surface area contributed by atoms with Gasteiger partial charge in [0.15, 0.2) is 5.82 Å². The highest BCUT2D eigenvalue weighted by Gasteiger charge is 2.12. The first-order chi connectivity index (χ1) is 10.6. The fourth-order valence-electron chi connectivity index (χ4n) is 2.02. The molecule has 0 saturated heterocycles. The zero-order valence-corrected chi connectivity index (χ0v) is 14.0. The normalized spacial score (nSPS) is 10.7. The Bertz CT molecular complexity index is 606. The van der Waals surface area contributed by atoms with E-state index in [2.05, 4.69) is 10.1 Å². The van der Waals surface area contributed by atoms with Crippen molar-refractivity contribution < 1.29 is 9.32 Å². The van der Waals surface area contributed by atoms with Crippen LogP contribution in [0.5, 0.6) is 0 Å². The topological polar surface area (TPSA) is 59.2 Å². The van der Waals surface area contributed by atoms with E-state index in [1.165, 1.54) is 17.3 Å². The molecule has 0 saturated carbocycles. The number of benzene rings is 1. The number of hydrogen-bond donors (Lipinski definition) is 0. The summed E-state index contributed by atoms with van der Waals surface area (Å²) in [5.74, 6) is 2.30. The van der Waals surface area contributed by atoms with Gasteiger partial charge in [-0.2, -0.15) is 4.98 Å². The van der Waals surface area contributed by atoms with E-state index in [1.807, 2.05) is 49.9 Å². The number of amides is 1. The van der Waals surface area contributed by atoms with Crippen LogP contribution in [-0.2, 0) is 10.5 Å². The maximum absolute atomic E-state index is 11.9. The van der Waals surface area contributed by atoms with Crippen molar-refractivity contribution in [3.8, 4) is 11.5 Å². The first kappa shape index (κ1) is 16.5. The molecule has 0 unspecified atom stereocenters. The second-order valence-electron chi connectivity index (χ2n) is 4.94. The Morgan fingerprint density at radius 1 is 1.23 bits per heavy atom. The van der Waals surface area contributed by atoms with Gasteiger partial charge in [-0.15, -0.1) is 11.8 Å². The Morgan fingerprint density at radius 3 is 2.55 bits per heavy atom. The minimum absolute atomic E-state index is 0.150. The summed E-state index contributed by atoms with van der Waals surface area (Å²) in [6.45, 7) is 7.50. The van der Waals surface area contributed by atoms with Crippen molar-refractivity contribution in [1.29, 1.82) is 0 Å². The third-order valence-electron chi connectivity index (χ3n) is 3.34. The predicted molar refractivity (Wildman–Crippen MR) is 88.6 cm³/mol. The molecular formula is C16H21N3O2S. The number of thioether (sulfide) groups is 1. The molecule has 0 N–H and O–H groups in total. The van der Waals surface area contributed by atoms with E-state index in [-0.39, 0.29) is 5.91 Å². The highest BCUT2D eigenvalue weighted by molar-refractivity contribution is 7.99. The van der Waals surface area contributed by atoms with E-state index in [0.717, 1.165) is 18.7 Å². The van der Waals surface area contributed by atoms with Crippen molar-refractivity contribution >= 4 is 17.7 Å². The van der Waals surface area contributed by atoms with Gasteiger partial charge < -0.3 is 9.42 Å². The lowest BCUT2D eigenvalue weighted by molar-refractivity contribution is -0.127. The van der Waals surface area contributed by atoms with E-state index < -0.39 is 0 Å². The highest BCUT2D eigenvalue weighted by atomic mass is 32.2. The maximum atomic E-state index is 11.9. The monoisotopic (exact) mass is 319 g/mol. The van der Waals surface area contributed by atoms with Crippen LogP contribution in [0.25, 0.3) is 11.5 Å². The minimum atomic E-state index is 0.150. The summed E-state index contributed by atoms with van der Waals surface area (Å²) < 4.78 is 5.27. The van der Waals surface area contributed by atoms with Crippen LogP contribution in [0.3, 0.4) is 0 Å². The fraction of sp³-hybridized carbons (Fsp3) is 0.438. The van der Waals surface area contributed by atoms with Crippen LogP contribution in [0.4, 0.5) is 0 Å². The SMILES string of the molecule is CCN(CC)C(=O)CSCc1noc(-c2ccc(C)cc2)n1. The molecule has 0 radical (unpaired) electrons. The average Bonchev–Trinajstić information content (AvgIpc) is 2.98. The molecule has 0 atom stereocenters. The highest BCUT2D eigenvalue weighted by Crippen LogP contribution is 2.19. The van der Waals surface area contributed by atoms with Crippen molar-refractivity contribution in [3.63, 3.8) is 0 Å². The number of hydrogen-bond acceptors (Lipinski definition) is 5. The van der Waals surface area contributed by atoms with Gasteiger partial charge in [-0.1, -0.05) is 22.9 Å². The Labute approximate surface area is 135 Å². The minimum Gasteiger partial charge on any atom is -0.343 e. The lowest BCUT2D eigenvalue weighted by Crippen LogP contribution is -2.31. The summed E-state index contributed by atoms with van der Waals surface area (Å²) in [5, 5.41) is 3.97. The van der Waals surface area contributed by atoms with Crippen molar-refractivity contribution in [2.75, 3.05) is 18.8 Å². The van der Waals surface area contributed by atoms with Crippen molar-refractivity contribution in [3.05, 3.63) is 35.7 Å². The molecule has 1 heterocycles. The van der Waals surface area contributed by atoms with Crippen molar-refractivity contribution in [2.45, 2.75) is 26.5 Å². The van der Waals surface area contributed by atoms with E-state index in [0.29, 0.717) is 23.2 Å². The average molecular weight is 319 g/mol. The first-order valence-electron chi connectivity index (χ1n) is 7.39. The smallest absolute Gasteiger partial charge is 0.257 e. The number of carbonyl (C=O) groups excluding carboxylic acids is 1. The molecular weight excluding hydrogens is 298 g/mol. The second-order valence-corrected chi connectivity index (χ2v) is 5.93. The molecule has 2 aromatic rings. The number of carbonyl (C=O) groups is 1. The lowest BCUT2D eigenvalue weighted by atomic mass is 10.1. The van der Waals surface area contributed by atoms with E-state index in [9.17, 15) is 4.79 Å². The van der Waals surface area contributed by atoms with Crippen LogP contribution >= 0.6 is 11.8 Å². The standard InChI is InChI=1S/C16H21N3O2S/c1-4-19(5-2)15(20)11-22-10-14-17-16(21-18-14)13-8-6-12(3)7-9-13/h6-9H,4-5,10-11H2,1-3H3. The molecule has 1 aromatic heterocycles. The molecule has 6 heteroatoms. The Kier molecular flexibility index (Phi) is 6.00. The molecule has 1 aromatic carbocycles. The summed E-state index contributed by atoms with van der Waals surface area (Å²) in [7, 11) is 0. The molecule has 0 aliphatic carbocycles. The summed E-state index contributed by atoms with van der Waals surface area (Å²) >= 11 is 1.51. The van der Waals surface area contributed by atoms with Crippen LogP contribution in [0.15, 0.2) is 28.8 Å². The molecule has 0 aliphatic heterocycles. The van der Waals surface area contributed by atoms with Crippen LogP contribution < -0.4 is 0 Å². The third-order valence-corrected chi connectivity index (χ3v) is 4.25. The molecule has 2 rings (SSSR count). The number of aromatic nitrogens is 2. The Hall–Kier alpha value is -1.82. The number of aryl methyl sites for hydroxylation is 1. The molecule has 0 fully saturated rings. The maximum Gasteiger partial charge on any atom is 0.257 e. The molecule has 0 aliphatic rings. The van der Waals surface area contributed by atoms with Gasteiger partial charge in [-0.05, 0) is 32.9 Å². The molecule has 0 spiro atoms. The molecule has 0 bridgehead atoms. The summed E-state index contributed by atoms with van der Waals surface area (Å²) in [6, 6.07) is 7.95. The Morgan fingerprint density at radius 2 is 1.91 bits per heavy atom. The van der Waals surface area contributed by atoms with Crippen LogP contribution in [0.1, 0.15) is 25.2 Å². The van der Waals surface area contributed by atoms with Gasteiger partial charge in [0.1, 0.15) is 0 Å². The zero-order valence-electron chi connectivity index (χ0n) is 13.2. The van der Waals surface area contributed by atoms with Gasteiger partial charge in [0, 0.05) is 18.7 Å². The van der Waals surface area contributed by atoms with Gasteiger partial charge in [0.05, 0.1) is 11.5 Å². The van der Waals surface area contributed by atoms with Gasteiger partial charge in [0.25, 0.3) is 5.89 Å².